The van der Waals surface area contributed by atoms with Gasteiger partial charge in [0.2, 0.25) is 0 Å². The summed E-state index contributed by atoms with van der Waals surface area (Å²) in [6.07, 6.45) is -0.332. The molecule has 0 spiro atoms. The molecule has 0 rings (SSSR count). The maximum Gasteiger partial charge on any atom is 0.410 e. The first-order valence-corrected chi connectivity index (χ1v) is 6.67. The number of nitrogens with zero attached hydrogens (tertiary/aromatic N) is 2. The van der Waals surface area contributed by atoms with Crippen molar-refractivity contribution in [1.82, 2.24) is 15.5 Å². The fourth-order valence-electron chi connectivity index (χ4n) is 1.27. The number of aliphatic imine (C=N–C) groups is 1. The molecule has 0 fully saturated rings. The molecule has 0 aliphatic carbocycles. The van der Waals surface area contributed by atoms with Crippen LogP contribution in [0, 0.1) is 0 Å². The second-order valence-electron chi connectivity index (χ2n) is 5.32. The number of halogens is 1. The summed E-state index contributed by atoms with van der Waals surface area (Å²) < 4.78 is 10.2. The molecule has 0 saturated heterocycles. The van der Waals surface area contributed by atoms with Crippen LogP contribution in [0.15, 0.2) is 4.99 Å². The second-order valence-corrected chi connectivity index (χ2v) is 5.32. The zero-order chi connectivity index (χ0) is 15.6. The van der Waals surface area contributed by atoms with E-state index < -0.39 is 5.60 Å². The molecule has 0 saturated carbocycles. The number of carbonyl (C=O) groups is 1. The third-order valence-corrected chi connectivity index (χ3v) is 2.27. The Bertz CT molecular complexity index is 319. The SMILES string of the molecule is CN=C(NCCOC)NCCN(C)C(=O)OC(C)(C)C.I. The third-order valence-electron chi connectivity index (χ3n) is 2.27. The molecule has 1 amide bonds. The van der Waals surface area contributed by atoms with E-state index in [1.807, 2.05) is 20.8 Å². The molecule has 0 unspecified atom stereocenters. The molecule has 0 bridgehead atoms. The van der Waals surface area contributed by atoms with Crippen LogP contribution in [0.5, 0.6) is 0 Å². The number of likely N-dealkylation sites (N-methyl/N-ethyl adjacent to an activating group) is 1. The molecule has 0 aromatic rings. The average Bonchev–Trinajstić information content (AvgIpc) is 2.34. The highest BCUT2D eigenvalue weighted by Crippen LogP contribution is 2.08. The maximum absolute atomic E-state index is 11.7. The fourth-order valence-corrected chi connectivity index (χ4v) is 1.27. The Kier molecular flexibility index (Phi) is 12.7. The van der Waals surface area contributed by atoms with Crippen LogP contribution in [0.4, 0.5) is 4.79 Å². The lowest BCUT2D eigenvalue weighted by Crippen LogP contribution is -2.43. The average molecular weight is 416 g/mol. The summed E-state index contributed by atoms with van der Waals surface area (Å²) >= 11 is 0. The Morgan fingerprint density at radius 1 is 1.24 bits per heavy atom. The third kappa shape index (κ3) is 12.7. The molecular formula is C13H29IN4O3. The first kappa shape index (κ1) is 22.5. The van der Waals surface area contributed by atoms with E-state index in [0.29, 0.717) is 32.2 Å². The molecule has 2 N–H and O–H groups in total. The van der Waals surface area contributed by atoms with Gasteiger partial charge in [-0.2, -0.15) is 0 Å². The predicted octanol–water partition coefficient (Wildman–Crippen LogP) is 1.28. The largest absolute Gasteiger partial charge is 0.444 e. The van der Waals surface area contributed by atoms with Crippen LogP contribution in [0.1, 0.15) is 20.8 Å². The molecule has 0 atom stereocenters. The second kappa shape index (κ2) is 11.8. The van der Waals surface area contributed by atoms with Gasteiger partial charge in [-0.05, 0) is 20.8 Å². The lowest BCUT2D eigenvalue weighted by molar-refractivity contribution is 0.0302. The number of methoxy groups -OCH3 is 1. The van der Waals surface area contributed by atoms with Crippen molar-refractivity contribution in [3.63, 3.8) is 0 Å². The van der Waals surface area contributed by atoms with Crippen molar-refractivity contribution in [3.05, 3.63) is 0 Å². The highest BCUT2D eigenvalue weighted by molar-refractivity contribution is 14.0. The summed E-state index contributed by atoms with van der Waals surface area (Å²) in [5.41, 5.74) is -0.476. The molecular weight excluding hydrogens is 387 g/mol. The van der Waals surface area contributed by atoms with Gasteiger partial charge in [0, 0.05) is 40.8 Å². The number of guanidine groups is 1. The van der Waals surface area contributed by atoms with E-state index in [0.717, 1.165) is 0 Å². The van der Waals surface area contributed by atoms with Crippen LogP contribution in [0.25, 0.3) is 0 Å². The number of hydrogen-bond donors (Lipinski definition) is 2. The van der Waals surface area contributed by atoms with E-state index in [4.69, 9.17) is 9.47 Å². The van der Waals surface area contributed by atoms with E-state index in [1.165, 1.54) is 4.90 Å². The Hall–Kier alpha value is -0.770. The van der Waals surface area contributed by atoms with Crippen molar-refractivity contribution in [2.75, 3.05) is 47.4 Å². The van der Waals surface area contributed by atoms with Crippen molar-refractivity contribution in [3.8, 4) is 0 Å². The number of hydrogen-bond acceptors (Lipinski definition) is 4. The topological polar surface area (TPSA) is 75.2 Å². The fraction of sp³-hybridized carbons (Fsp3) is 0.846. The lowest BCUT2D eigenvalue weighted by Gasteiger charge is -2.24. The van der Waals surface area contributed by atoms with Gasteiger partial charge in [0.25, 0.3) is 0 Å². The molecule has 7 nitrogen and oxygen atoms in total. The highest BCUT2D eigenvalue weighted by atomic mass is 127. The smallest absolute Gasteiger partial charge is 0.410 e. The zero-order valence-corrected chi connectivity index (χ0v) is 16.2. The van der Waals surface area contributed by atoms with Crippen LogP contribution in [0.2, 0.25) is 0 Å². The normalized spacial score (nSPS) is 11.4. The Labute approximate surface area is 144 Å². The van der Waals surface area contributed by atoms with Crippen LogP contribution >= 0.6 is 24.0 Å². The molecule has 0 aliphatic rings. The van der Waals surface area contributed by atoms with Crippen molar-refractivity contribution in [2.45, 2.75) is 26.4 Å². The number of ether oxygens (including phenoxy) is 2. The number of carbonyl (C=O) groups excluding carboxylic acids is 1. The highest BCUT2D eigenvalue weighted by Gasteiger charge is 2.19. The van der Waals surface area contributed by atoms with Gasteiger partial charge in [-0.1, -0.05) is 0 Å². The van der Waals surface area contributed by atoms with Crippen LogP contribution in [0.3, 0.4) is 0 Å². The Balaban J connectivity index is 0. The van der Waals surface area contributed by atoms with Crippen molar-refractivity contribution in [1.29, 1.82) is 0 Å². The minimum atomic E-state index is -0.476. The molecule has 0 aliphatic heterocycles. The quantitative estimate of drug-likeness (QED) is 0.295. The van der Waals surface area contributed by atoms with E-state index in [1.54, 1.807) is 21.2 Å². The molecule has 8 heteroatoms. The van der Waals surface area contributed by atoms with Crippen molar-refractivity contribution < 1.29 is 14.3 Å². The van der Waals surface area contributed by atoms with Gasteiger partial charge in [-0.3, -0.25) is 4.99 Å². The minimum absolute atomic E-state index is 0. The standard InChI is InChI=1S/C13H28N4O3.HI/c1-13(2,3)20-12(18)17(5)9-7-15-11(14-4)16-8-10-19-6;/h7-10H2,1-6H3,(H2,14,15,16);1H. The molecule has 126 valence electrons. The van der Waals surface area contributed by atoms with Gasteiger partial charge in [-0.15, -0.1) is 24.0 Å². The molecule has 0 radical (unpaired) electrons. The van der Waals surface area contributed by atoms with E-state index >= 15 is 0 Å². The molecule has 0 aromatic heterocycles. The summed E-state index contributed by atoms with van der Waals surface area (Å²) in [6, 6.07) is 0. The van der Waals surface area contributed by atoms with Crippen LogP contribution < -0.4 is 10.6 Å². The van der Waals surface area contributed by atoms with Crippen LogP contribution in [-0.2, 0) is 9.47 Å². The van der Waals surface area contributed by atoms with Crippen molar-refractivity contribution >= 4 is 36.0 Å². The molecule has 0 heterocycles. The first-order valence-electron chi connectivity index (χ1n) is 6.67. The van der Waals surface area contributed by atoms with Crippen molar-refractivity contribution in [2.24, 2.45) is 4.99 Å². The van der Waals surface area contributed by atoms with E-state index in [9.17, 15) is 4.79 Å². The monoisotopic (exact) mass is 416 g/mol. The zero-order valence-electron chi connectivity index (χ0n) is 13.9. The van der Waals surface area contributed by atoms with Gasteiger partial charge < -0.3 is 25.0 Å². The van der Waals surface area contributed by atoms with Gasteiger partial charge in [0.1, 0.15) is 5.60 Å². The number of rotatable bonds is 6. The van der Waals surface area contributed by atoms with Gasteiger partial charge >= 0.3 is 6.09 Å². The Morgan fingerprint density at radius 2 is 1.81 bits per heavy atom. The van der Waals surface area contributed by atoms with E-state index in [-0.39, 0.29) is 30.1 Å². The van der Waals surface area contributed by atoms with Gasteiger partial charge in [0.05, 0.1) is 6.61 Å². The van der Waals surface area contributed by atoms with Gasteiger partial charge in [-0.25, -0.2) is 4.79 Å². The maximum atomic E-state index is 11.7. The van der Waals surface area contributed by atoms with E-state index in [2.05, 4.69) is 15.6 Å². The summed E-state index contributed by atoms with van der Waals surface area (Å²) in [7, 11) is 5.05. The first-order chi connectivity index (χ1) is 9.30. The van der Waals surface area contributed by atoms with Gasteiger partial charge in [0.15, 0.2) is 5.96 Å². The minimum Gasteiger partial charge on any atom is -0.444 e. The summed E-state index contributed by atoms with van der Waals surface area (Å²) in [5, 5.41) is 6.20. The van der Waals surface area contributed by atoms with Crippen LogP contribution in [-0.4, -0.2) is 70.0 Å². The molecule has 0 aromatic carbocycles. The Morgan fingerprint density at radius 3 is 2.29 bits per heavy atom. The summed E-state index contributed by atoms with van der Waals surface area (Å²) in [5.74, 6) is 0.680. The predicted molar refractivity (Wildman–Crippen MR) is 95.5 cm³/mol. The summed E-state index contributed by atoms with van der Waals surface area (Å²) in [4.78, 5) is 17.3. The number of nitrogens with one attached hydrogen (secondary N) is 2. The number of amides is 1. The lowest BCUT2D eigenvalue weighted by atomic mass is 10.2. The molecule has 21 heavy (non-hydrogen) atoms. The summed E-state index contributed by atoms with van der Waals surface area (Å²) in [6.45, 7) is 7.94.